The predicted octanol–water partition coefficient (Wildman–Crippen LogP) is 5.78. The lowest BCUT2D eigenvalue weighted by atomic mass is 9.72. The molecule has 3 nitrogen and oxygen atoms in total. The van der Waals surface area contributed by atoms with Crippen molar-refractivity contribution in [3.05, 3.63) is 36.4 Å². The van der Waals surface area contributed by atoms with Crippen LogP contribution in [0.2, 0.25) is 0 Å². The van der Waals surface area contributed by atoms with Crippen LogP contribution in [0.4, 0.5) is 5.69 Å². The van der Waals surface area contributed by atoms with Gasteiger partial charge in [-0.2, -0.15) is 5.26 Å². The first-order chi connectivity index (χ1) is 12.4. The van der Waals surface area contributed by atoms with Gasteiger partial charge < -0.3 is 9.64 Å². The highest BCUT2D eigenvalue weighted by molar-refractivity contribution is 5.87. The van der Waals surface area contributed by atoms with Crippen LogP contribution in [-0.4, -0.2) is 19.7 Å². The summed E-state index contributed by atoms with van der Waals surface area (Å²) in [5.41, 5.74) is 1.47. The summed E-state index contributed by atoms with van der Waals surface area (Å²) in [4.78, 5) is 1.96. The minimum absolute atomic E-state index is 0.340. The van der Waals surface area contributed by atoms with E-state index < -0.39 is 0 Å². The third kappa shape index (κ3) is 4.30. The first kappa shape index (κ1) is 18.6. The third-order valence-corrected chi connectivity index (χ3v) is 5.75. The molecule has 3 heteroatoms. The number of hydrogen-bond donors (Lipinski definition) is 0. The number of nitriles is 1. The van der Waals surface area contributed by atoms with Gasteiger partial charge in [-0.3, -0.25) is 0 Å². The van der Waals surface area contributed by atoms with Crippen LogP contribution in [0, 0.1) is 22.7 Å². The molecule has 0 aliphatic heterocycles. The highest BCUT2D eigenvalue weighted by atomic mass is 16.5. The van der Waals surface area contributed by atoms with Crippen molar-refractivity contribution < 1.29 is 4.74 Å². The molecule has 0 unspecified atom stereocenters. The maximum Gasteiger partial charge on any atom is 0.120 e. The summed E-state index contributed by atoms with van der Waals surface area (Å²) >= 11 is 0. The molecule has 0 heterocycles. The fourth-order valence-corrected chi connectivity index (χ4v) is 3.96. The van der Waals surface area contributed by atoms with E-state index in [-0.39, 0.29) is 0 Å². The van der Waals surface area contributed by atoms with E-state index in [2.05, 4.69) is 63.2 Å². The molecule has 0 aromatic heterocycles. The number of ether oxygens (including phenoxy) is 1. The highest BCUT2D eigenvalue weighted by Crippen LogP contribution is 2.39. The van der Waals surface area contributed by atoms with E-state index in [9.17, 15) is 0 Å². The molecule has 0 bridgehead atoms. The van der Waals surface area contributed by atoms with Gasteiger partial charge in [0.2, 0.25) is 0 Å². The molecule has 0 saturated heterocycles. The molecule has 3 rings (SSSR count). The molecule has 1 fully saturated rings. The summed E-state index contributed by atoms with van der Waals surface area (Å²) in [5, 5.41) is 11.2. The number of rotatable bonds is 4. The molecule has 1 aliphatic carbocycles. The van der Waals surface area contributed by atoms with Gasteiger partial charge in [-0.1, -0.05) is 32.9 Å². The Bertz CT molecular complexity index is 792. The Hall–Kier alpha value is -2.21. The fourth-order valence-electron chi connectivity index (χ4n) is 3.96. The molecule has 0 atom stereocenters. The molecule has 26 heavy (non-hydrogen) atoms. The lowest BCUT2D eigenvalue weighted by molar-refractivity contribution is 0.0883. The van der Waals surface area contributed by atoms with Crippen molar-refractivity contribution in [1.82, 2.24) is 0 Å². The second-order valence-corrected chi connectivity index (χ2v) is 8.66. The smallest absolute Gasteiger partial charge is 0.120 e. The van der Waals surface area contributed by atoms with Crippen molar-refractivity contribution in [2.45, 2.75) is 52.6 Å². The number of fused-ring (bicyclic) bond motifs is 1. The van der Waals surface area contributed by atoms with Crippen LogP contribution in [0.1, 0.15) is 46.5 Å². The molecule has 1 aliphatic rings. The fraction of sp³-hybridized carbons (Fsp3) is 0.522. The molecule has 2 aromatic rings. The lowest BCUT2D eigenvalue weighted by Gasteiger charge is -2.37. The summed E-state index contributed by atoms with van der Waals surface area (Å²) in [6.45, 7) is 7.45. The molecular weight excluding hydrogens is 320 g/mol. The predicted molar refractivity (Wildman–Crippen MR) is 109 cm³/mol. The van der Waals surface area contributed by atoms with E-state index in [1.807, 2.05) is 11.9 Å². The van der Waals surface area contributed by atoms with E-state index in [0.29, 0.717) is 18.1 Å². The van der Waals surface area contributed by atoms with E-state index in [1.54, 1.807) is 0 Å². The number of hydrogen-bond acceptors (Lipinski definition) is 3. The number of nitrogens with zero attached hydrogens (tertiary/aromatic N) is 2. The SMILES string of the molecule is CN(CC#N)c1ccc2cc(O[C@H]3CC[C@H](C(C)(C)C)CC3)ccc2c1. The van der Waals surface area contributed by atoms with Crippen molar-refractivity contribution in [3.8, 4) is 11.8 Å². The average molecular weight is 351 g/mol. The minimum atomic E-state index is 0.340. The summed E-state index contributed by atoms with van der Waals surface area (Å²) in [5.74, 6) is 1.78. The highest BCUT2D eigenvalue weighted by Gasteiger charge is 2.30. The molecule has 0 N–H and O–H groups in total. The summed E-state index contributed by atoms with van der Waals surface area (Å²) < 4.78 is 6.29. The van der Waals surface area contributed by atoms with Crippen molar-refractivity contribution in [1.29, 1.82) is 5.26 Å². The van der Waals surface area contributed by atoms with Gasteiger partial charge in [-0.15, -0.1) is 0 Å². The van der Waals surface area contributed by atoms with Gasteiger partial charge in [0, 0.05) is 12.7 Å². The second kappa shape index (κ2) is 7.58. The Balaban J connectivity index is 1.67. The minimum Gasteiger partial charge on any atom is -0.490 e. The van der Waals surface area contributed by atoms with E-state index >= 15 is 0 Å². The van der Waals surface area contributed by atoms with Gasteiger partial charge in [0.15, 0.2) is 0 Å². The van der Waals surface area contributed by atoms with Crippen LogP contribution in [0.5, 0.6) is 5.75 Å². The Morgan fingerprint density at radius 1 is 1.04 bits per heavy atom. The van der Waals surface area contributed by atoms with E-state index in [0.717, 1.165) is 30.2 Å². The van der Waals surface area contributed by atoms with Crippen molar-refractivity contribution in [2.75, 3.05) is 18.5 Å². The Labute approximate surface area is 157 Å². The van der Waals surface area contributed by atoms with E-state index in [4.69, 9.17) is 10.00 Å². The average Bonchev–Trinajstić information content (AvgIpc) is 2.61. The Morgan fingerprint density at radius 3 is 2.35 bits per heavy atom. The molecule has 2 aromatic carbocycles. The normalized spacial score (nSPS) is 20.6. The maximum atomic E-state index is 8.86. The monoisotopic (exact) mass is 350 g/mol. The molecule has 0 radical (unpaired) electrons. The van der Waals surface area contributed by atoms with Gasteiger partial charge in [0.05, 0.1) is 12.2 Å². The van der Waals surface area contributed by atoms with Crippen molar-refractivity contribution in [3.63, 3.8) is 0 Å². The Kier molecular flexibility index (Phi) is 5.41. The standard InChI is InChI=1S/C23H30N2O/c1-23(2,3)19-7-11-21(12-8-19)26-22-10-6-17-15-20(25(4)14-13-24)9-5-18(17)16-22/h5-6,9-10,15-16,19,21H,7-8,11-12,14H2,1-4H3/t19-,21-. The van der Waals surface area contributed by atoms with Gasteiger partial charge in [0.25, 0.3) is 0 Å². The van der Waals surface area contributed by atoms with Crippen LogP contribution >= 0.6 is 0 Å². The zero-order chi connectivity index (χ0) is 18.7. The largest absolute Gasteiger partial charge is 0.490 e. The van der Waals surface area contributed by atoms with Crippen LogP contribution < -0.4 is 9.64 Å². The summed E-state index contributed by atoms with van der Waals surface area (Å²) in [6, 6.07) is 14.8. The van der Waals surface area contributed by atoms with Crippen molar-refractivity contribution >= 4 is 16.5 Å². The maximum absolute atomic E-state index is 8.86. The summed E-state index contributed by atoms with van der Waals surface area (Å²) in [6.07, 6.45) is 5.16. The number of benzene rings is 2. The second-order valence-electron chi connectivity index (χ2n) is 8.66. The van der Waals surface area contributed by atoms with Crippen molar-refractivity contribution in [2.24, 2.45) is 11.3 Å². The summed E-state index contributed by atoms with van der Waals surface area (Å²) in [7, 11) is 1.94. The Morgan fingerprint density at radius 2 is 1.69 bits per heavy atom. The third-order valence-electron chi connectivity index (χ3n) is 5.75. The zero-order valence-corrected chi connectivity index (χ0v) is 16.5. The first-order valence-electron chi connectivity index (χ1n) is 9.65. The molecule has 0 spiro atoms. The van der Waals surface area contributed by atoms with Gasteiger partial charge in [-0.05, 0) is 72.1 Å². The number of anilines is 1. The van der Waals surface area contributed by atoms with Gasteiger partial charge in [0.1, 0.15) is 12.3 Å². The lowest BCUT2D eigenvalue weighted by Crippen LogP contribution is -2.30. The van der Waals surface area contributed by atoms with Crippen LogP contribution in [-0.2, 0) is 0 Å². The van der Waals surface area contributed by atoms with E-state index in [1.165, 1.54) is 23.6 Å². The topological polar surface area (TPSA) is 36.3 Å². The molecular formula is C23H30N2O. The zero-order valence-electron chi connectivity index (χ0n) is 16.5. The molecule has 138 valence electrons. The molecule has 1 saturated carbocycles. The van der Waals surface area contributed by atoms with Gasteiger partial charge in [-0.25, -0.2) is 0 Å². The van der Waals surface area contributed by atoms with Crippen LogP contribution in [0.25, 0.3) is 10.8 Å². The quantitative estimate of drug-likeness (QED) is 0.655. The van der Waals surface area contributed by atoms with Gasteiger partial charge >= 0.3 is 0 Å². The first-order valence-corrected chi connectivity index (χ1v) is 9.65. The van der Waals surface area contributed by atoms with Crippen LogP contribution in [0.15, 0.2) is 36.4 Å². The van der Waals surface area contributed by atoms with Crippen LogP contribution in [0.3, 0.4) is 0 Å². The molecule has 0 amide bonds.